The van der Waals surface area contributed by atoms with E-state index in [2.05, 4.69) is 5.32 Å². The molecule has 0 aliphatic carbocycles. The van der Waals surface area contributed by atoms with Crippen molar-refractivity contribution >= 4 is 29.1 Å². The Bertz CT molecular complexity index is 626. The molecule has 0 saturated carbocycles. The van der Waals surface area contributed by atoms with E-state index in [1.54, 1.807) is 6.92 Å². The lowest BCUT2D eigenvalue weighted by atomic mass is 10.1. The van der Waals surface area contributed by atoms with Crippen molar-refractivity contribution in [3.63, 3.8) is 0 Å². The molecule has 1 rings (SSSR count). The van der Waals surface area contributed by atoms with Crippen molar-refractivity contribution in [1.82, 2.24) is 10.2 Å². The van der Waals surface area contributed by atoms with Gasteiger partial charge < -0.3 is 10.2 Å². The number of nitro benzene ring substituents is 1. The Hall–Kier alpha value is -2.15. The summed E-state index contributed by atoms with van der Waals surface area (Å²) in [5.41, 5.74) is -0.895. The highest BCUT2D eigenvalue weighted by atomic mass is 35.5. The first-order valence-corrected chi connectivity index (χ1v) is 7.47. The number of halogens is 1. The van der Waals surface area contributed by atoms with Crippen LogP contribution in [0, 0.1) is 10.1 Å². The van der Waals surface area contributed by atoms with Gasteiger partial charge in [0.2, 0.25) is 5.91 Å². The Morgan fingerprint density at radius 2 is 1.96 bits per heavy atom. The normalized spacial score (nSPS) is 11.0. The van der Waals surface area contributed by atoms with Gasteiger partial charge in [0.05, 0.1) is 11.5 Å². The average molecular weight is 342 g/mol. The van der Waals surface area contributed by atoms with Crippen molar-refractivity contribution < 1.29 is 14.5 Å². The molecule has 0 saturated heterocycles. The van der Waals surface area contributed by atoms with Gasteiger partial charge in [0, 0.05) is 23.2 Å². The summed E-state index contributed by atoms with van der Waals surface area (Å²) in [4.78, 5) is 36.2. The molecule has 0 spiro atoms. The third kappa shape index (κ3) is 5.52. The first-order chi connectivity index (χ1) is 10.5. The van der Waals surface area contributed by atoms with Crippen molar-refractivity contribution in [3.8, 4) is 0 Å². The predicted octanol–water partition coefficient (Wildman–Crippen LogP) is 2.63. The van der Waals surface area contributed by atoms with Crippen LogP contribution in [0.4, 0.5) is 5.69 Å². The standard InChI is InChI=1S/C15H20ClN3O4/c1-5-18(9-13(20)17-15(2,3)4)14(21)11-7-6-10(16)8-12(11)19(22)23/h6-8H,5,9H2,1-4H3,(H,17,20). The molecule has 8 heteroatoms. The molecule has 126 valence electrons. The lowest BCUT2D eigenvalue weighted by molar-refractivity contribution is -0.385. The van der Waals surface area contributed by atoms with Crippen LogP contribution in [0.5, 0.6) is 0 Å². The quantitative estimate of drug-likeness (QED) is 0.658. The highest BCUT2D eigenvalue weighted by Crippen LogP contribution is 2.24. The third-order valence-electron chi connectivity index (χ3n) is 2.90. The van der Waals surface area contributed by atoms with Gasteiger partial charge in [0.1, 0.15) is 5.56 Å². The minimum Gasteiger partial charge on any atom is -0.350 e. The molecule has 1 aromatic carbocycles. The van der Waals surface area contributed by atoms with E-state index >= 15 is 0 Å². The summed E-state index contributed by atoms with van der Waals surface area (Å²) in [5, 5.41) is 14.0. The second-order valence-corrected chi connectivity index (χ2v) is 6.47. The fraction of sp³-hybridized carbons (Fsp3) is 0.467. The number of benzene rings is 1. The number of hydrogen-bond donors (Lipinski definition) is 1. The van der Waals surface area contributed by atoms with E-state index in [1.807, 2.05) is 20.8 Å². The van der Waals surface area contributed by atoms with E-state index in [4.69, 9.17) is 11.6 Å². The molecule has 1 N–H and O–H groups in total. The minimum absolute atomic E-state index is 0.0928. The second kappa shape index (κ2) is 7.41. The second-order valence-electron chi connectivity index (χ2n) is 6.04. The average Bonchev–Trinajstić information content (AvgIpc) is 2.42. The maximum atomic E-state index is 12.5. The SMILES string of the molecule is CCN(CC(=O)NC(C)(C)C)C(=O)c1ccc(Cl)cc1[N+](=O)[O-]. The number of carbonyl (C=O) groups excluding carboxylic acids is 2. The van der Waals surface area contributed by atoms with Crippen molar-refractivity contribution in [2.45, 2.75) is 33.2 Å². The number of amides is 2. The van der Waals surface area contributed by atoms with Crippen LogP contribution in [-0.2, 0) is 4.79 Å². The molecule has 0 bridgehead atoms. The van der Waals surface area contributed by atoms with Gasteiger partial charge in [-0.05, 0) is 39.8 Å². The summed E-state index contributed by atoms with van der Waals surface area (Å²) in [6.45, 7) is 7.25. The van der Waals surface area contributed by atoms with E-state index in [9.17, 15) is 19.7 Å². The molecule has 23 heavy (non-hydrogen) atoms. The van der Waals surface area contributed by atoms with Gasteiger partial charge in [0.15, 0.2) is 0 Å². The summed E-state index contributed by atoms with van der Waals surface area (Å²) in [7, 11) is 0. The Labute approximate surface area is 139 Å². The molecular weight excluding hydrogens is 322 g/mol. The van der Waals surface area contributed by atoms with Gasteiger partial charge in [-0.2, -0.15) is 0 Å². The van der Waals surface area contributed by atoms with Gasteiger partial charge in [-0.25, -0.2) is 0 Å². The van der Waals surface area contributed by atoms with E-state index in [-0.39, 0.29) is 35.3 Å². The fourth-order valence-corrected chi connectivity index (χ4v) is 2.13. The summed E-state index contributed by atoms with van der Waals surface area (Å²) >= 11 is 5.74. The first-order valence-electron chi connectivity index (χ1n) is 7.09. The fourth-order valence-electron chi connectivity index (χ4n) is 1.97. The molecule has 7 nitrogen and oxygen atoms in total. The van der Waals surface area contributed by atoms with Crippen LogP contribution in [-0.4, -0.2) is 40.3 Å². The molecule has 0 aliphatic rings. The molecule has 0 heterocycles. The van der Waals surface area contributed by atoms with Crippen LogP contribution in [0.2, 0.25) is 5.02 Å². The lowest BCUT2D eigenvalue weighted by Gasteiger charge is -2.25. The highest BCUT2D eigenvalue weighted by molar-refractivity contribution is 6.31. The van der Waals surface area contributed by atoms with Crippen molar-refractivity contribution in [3.05, 3.63) is 38.9 Å². The van der Waals surface area contributed by atoms with Gasteiger partial charge in [-0.3, -0.25) is 19.7 Å². The van der Waals surface area contributed by atoms with E-state index in [0.29, 0.717) is 0 Å². The monoisotopic (exact) mass is 341 g/mol. The number of nitro groups is 1. The zero-order chi connectivity index (χ0) is 17.8. The van der Waals surface area contributed by atoms with Crippen molar-refractivity contribution in [2.75, 3.05) is 13.1 Å². The zero-order valence-electron chi connectivity index (χ0n) is 13.6. The number of likely N-dealkylation sites (N-methyl/N-ethyl adjacent to an activating group) is 1. The maximum absolute atomic E-state index is 12.5. The summed E-state index contributed by atoms with van der Waals surface area (Å²) in [5.74, 6) is -0.913. The Morgan fingerprint density at radius 1 is 1.35 bits per heavy atom. The van der Waals surface area contributed by atoms with Gasteiger partial charge in [-0.1, -0.05) is 11.6 Å². The summed E-state index contributed by atoms with van der Waals surface area (Å²) in [6.07, 6.45) is 0. The summed E-state index contributed by atoms with van der Waals surface area (Å²) in [6, 6.07) is 3.83. The Balaban J connectivity index is 3.02. The summed E-state index contributed by atoms with van der Waals surface area (Å²) < 4.78 is 0. The van der Waals surface area contributed by atoms with E-state index < -0.39 is 16.4 Å². The predicted molar refractivity (Wildman–Crippen MR) is 87.6 cm³/mol. The molecule has 0 aromatic heterocycles. The van der Waals surface area contributed by atoms with E-state index in [0.717, 1.165) is 6.07 Å². The van der Waals surface area contributed by atoms with E-state index in [1.165, 1.54) is 17.0 Å². The maximum Gasteiger partial charge on any atom is 0.283 e. The van der Waals surface area contributed by atoms with Crippen LogP contribution < -0.4 is 5.32 Å². The topological polar surface area (TPSA) is 92.6 Å². The molecule has 0 atom stereocenters. The Kier molecular flexibility index (Phi) is 6.09. The van der Waals surface area contributed by atoms with Crippen LogP contribution in [0.15, 0.2) is 18.2 Å². The first kappa shape index (κ1) is 18.9. The highest BCUT2D eigenvalue weighted by Gasteiger charge is 2.26. The molecule has 1 aromatic rings. The van der Waals surface area contributed by atoms with Crippen LogP contribution in [0.1, 0.15) is 38.1 Å². The molecule has 0 aliphatic heterocycles. The van der Waals surface area contributed by atoms with Crippen molar-refractivity contribution in [1.29, 1.82) is 0 Å². The van der Waals surface area contributed by atoms with Crippen molar-refractivity contribution in [2.24, 2.45) is 0 Å². The number of nitrogens with zero attached hydrogens (tertiary/aromatic N) is 2. The zero-order valence-corrected chi connectivity index (χ0v) is 14.3. The number of carbonyl (C=O) groups is 2. The third-order valence-corrected chi connectivity index (χ3v) is 3.14. The van der Waals surface area contributed by atoms with Gasteiger partial charge in [0.25, 0.3) is 11.6 Å². The number of hydrogen-bond acceptors (Lipinski definition) is 4. The largest absolute Gasteiger partial charge is 0.350 e. The smallest absolute Gasteiger partial charge is 0.283 e. The number of rotatable bonds is 5. The molecule has 0 fully saturated rings. The van der Waals surface area contributed by atoms with Crippen LogP contribution >= 0.6 is 11.6 Å². The van der Waals surface area contributed by atoms with Crippen LogP contribution in [0.3, 0.4) is 0 Å². The van der Waals surface area contributed by atoms with Crippen LogP contribution in [0.25, 0.3) is 0 Å². The van der Waals surface area contributed by atoms with Gasteiger partial charge >= 0.3 is 0 Å². The molecule has 2 amide bonds. The number of nitrogens with one attached hydrogen (secondary N) is 1. The van der Waals surface area contributed by atoms with Gasteiger partial charge in [-0.15, -0.1) is 0 Å². The molecule has 0 unspecified atom stereocenters. The molecular formula is C15H20ClN3O4. The lowest BCUT2D eigenvalue weighted by Crippen LogP contribution is -2.47. The molecule has 0 radical (unpaired) electrons. The minimum atomic E-state index is -0.665. The Morgan fingerprint density at radius 3 is 2.43 bits per heavy atom.